The number of carbonyl (C=O) groups is 2. The van der Waals surface area contributed by atoms with Crippen LogP contribution < -0.4 is 10.5 Å². The molecule has 1 aromatic carbocycles. The summed E-state index contributed by atoms with van der Waals surface area (Å²) >= 11 is 0. The third kappa shape index (κ3) is 2.94. The molecule has 1 aromatic heterocycles. The van der Waals surface area contributed by atoms with E-state index in [1.165, 1.54) is 0 Å². The molecule has 0 bridgehead atoms. The van der Waals surface area contributed by atoms with Gasteiger partial charge in [-0.1, -0.05) is 0 Å². The second-order valence-electron chi connectivity index (χ2n) is 6.07. The predicted molar refractivity (Wildman–Crippen MR) is 88.8 cm³/mol. The topological polar surface area (TPSA) is 97.7 Å². The fourth-order valence-corrected chi connectivity index (χ4v) is 3.26. The Morgan fingerprint density at radius 3 is 2.75 bits per heavy atom. The average molecular weight is 331 g/mol. The number of nitrogens with one attached hydrogen (secondary N) is 1. The monoisotopic (exact) mass is 331 g/mol. The maximum absolute atomic E-state index is 12.8. The molecule has 0 unspecified atom stereocenters. The Kier molecular flexibility index (Phi) is 4.44. The zero-order chi connectivity index (χ0) is 17.3. The third-order valence-corrected chi connectivity index (χ3v) is 4.53. The van der Waals surface area contributed by atoms with Gasteiger partial charge in [-0.25, -0.2) is 0 Å². The molecule has 2 aromatic rings. The lowest BCUT2D eigenvalue weighted by molar-refractivity contribution is -0.122. The van der Waals surface area contributed by atoms with Gasteiger partial charge in [-0.05, 0) is 18.2 Å². The minimum atomic E-state index is -0.395. The Morgan fingerprint density at radius 1 is 1.29 bits per heavy atom. The number of carbonyl (C=O) groups excluding carboxylic acids is 2. The molecule has 0 aliphatic carbocycles. The quantitative estimate of drug-likeness (QED) is 0.854. The van der Waals surface area contributed by atoms with Gasteiger partial charge in [0.15, 0.2) is 0 Å². The van der Waals surface area contributed by atoms with Gasteiger partial charge in [0, 0.05) is 43.1 Å². The molecule has 2 atom stereocenters. The molecule has 0 saturated carbocycles. The highest BCUT2D eigenvalue weighted by molar-refractivity contribution is 5.98. The van der Waals surface area contributed by atoms with E-state index in [2.05, 4.69) is 4.98 Å². The normalized spacial score (nSPS) is 20.5. The summed E-state index contributed by atoms with van der Waals surface area (Å²) in [6.45, 7) is 1.18. The molecule has 1 fully saturated rings. The zero-order valence-corrected chi connectivity index (χ0v) is 13.7. The van der Waals surface area contributed by atoms with Crippen molar-refractivity contribution in [2.45, 2.75) is 0 Å². The van der Waals surface area contributed by atoms with Crippen molar-refractivity contribution < 1.29 is 19.1 Å². The van der Waals surface area contributed by atoms with Crippen LogP contribution in [0.4, 0.5) is 0 Å². The Labute approximate surface area is 139 Å². The van der Waals surface area contributed by atoms with E-state index >= 15 is 0 Å². The number of amides is 2. The second kappa shape index (κ2) is 6.52. The maximum atomic E-state index is 12.8. The number of aromatic amines is 1. The van der Waals surface area contributed by atoms with Gasteiger partial charge in [0.05, 0.1) is 19.6 Å². The van der Waals surface area contributed by atoms with E-state index < -0.39 is 5.91 Å². The van der Waals surface area contributed by atoms with Gasteiger partial charge in [-0.2, -0.15) is 0 Å². The van der Waals surface area contributed by atoms with Crippen LogP contribution in [-0.4, -0.2) is 55.6 Å². The first kappa shape index (κ1) is 16.3. The number of H-pyrrole nitrogens is 1. The van der Waals surface area contributed by atoms with Gasteiger partial charge in [0.25, 0.3) is 5.91 Å². The van der Waals surface area contributed by atoms with E-state index in [1.54, 1.807) is 25.2 Å². The molecular formula is C17H21N3O4. The van der Waals surface area contributed by atoms with Crippen molar-refractivity contribution in [3.05, 3.63) is 30.0 Å². The first-order valence-electron chi connectivity index (χ1n) is 7.77. The Bertz CT molecular complexity index is 770. The van der Waals surface area contributed by atoms with Crippen LogP contribution in [0.2, 0.25) is 0 Å². The number of hydrogen-bond donors (Lipinski definition) is 2. The molecule has 128 valence electrons. The number of primary amides is 1. The van der Waals surface area contributed by atoms with Crippen molar-refractivity contribution in [2.24, 2.45) is 17.6 Å². The van der Waals surface area contributed by atoms with Crippen molar-refractivity contribution in [3.8, 4) is 5.75 Å². The largest absolute Gasteiger partial charge is 0.497 e. The number of nitrogens with two attached hydrogens (primary N) is 1. The lowest BCUT2D eigenvalue weighted by atomic mass is 9.96. The van der Waals surface area contributed by atoms with Gasteiger partial charge in [0.2, 0.25) is 5.91 Å². The molecule has 7 heteroatoms. The highest BCUT2D eigenvalue weighted by Crippen LogP contribution is 2.27. The van der Waals surface area contributed by atoms with Gasteiger partial charge in [0.1, 0.15) is 11.4 Å². The summed E-state index contributed by atoms with van der Waals surface area (Å²) in [6.07, 6.45) is 0. The lowest BCUT2D eigenvalue weighted by Gasteiger charge is -2.15. The number of fused-ring (bicyclic) bond motifs is 1. The zero-order valence-electron chi connectivity index (χ0n) is 13.7. The highest BCUT2D eigenvalue weighted by atomic mass is 16.5. The van der Waals surface area contributed by atoms with Crippen molar-refractivity contribution in [1.29, 1.82) is 0 Å². The SMILES string of the molecule is COC[C@@H]1CN(C(=O)c2cc3ccc(OC)cc3[nH]2)C[C@H]1C(N)=O. The molecule has 1 aliphatic heterocycles. The fraction of sp³-hybridized carbons (Fsp3) is 0.412. The third-order valence-electron chi connectivity index (χ3n) is 4.53. The van der Waals surface area contributed by atoms with Crippen molar-refractivity contribution in [3.63, 3.8) is 0 Å². The standard InChI is InChI=1S/C17H21N3O4/c1-23-9-11-7-20(8-13(11)16(18)21)17(22)15-5-10-3-4-12(24-2)6-14(10)19-15/h3-6,11,13,19H,7-9H2,1-2H3,(H2,18,21)/t11-,13+/m0/s1. The van der Waals surface area contributed by atoms with Crippen LogP contribution in [-0.2, 0) is 9.53 Å². The molecule has 1 aliphatic rings. The Morgan fingerprint density at radius 2 is 2.08 bits per heavy atom. The van der Waals surface area contributed by atoms with Crippen LogP contribution in [0.5, 0.6) is 5.75 Å². The molecule has 1 saturated heterocycles. The van der Waals surface area contributed by atoms with Crippen LogP contribution in [0.25, 0.3) is 10.9 Å². The molecule has 24 heavy (non-hydrogen) atoms. The van der Waals surface area contributed by atoms with E-state index in [1.807, 2.05) is 18.2 Å². The van der Waals surface area contributed by atoms with Crippen LogP contribution in [0.1, 0.15) is 10.5 Å². The predicted octanol–water partition coefficient (Wildman–Crippen LogP) is 0.996. The van der Waals surface area contributed by atoms with Gasteiger partial charge >= 0.3 is 0 Å². The van der Waals surface area contributed by atoms with Gasteiger partial charge in [-0.15, -0.1) is 0 Å². The number of hydrogen-bond acceptors (Lipinski definition) is 4. The van der Waals surface area contributed by atoms with E-state index in [-0.39, 0.29) is 17.7 Å². The number of rotatable bonds is 5. The van der Waals surface area contributed by atoms with Crippen molar-refractivity contribution in [1.82, 2.24) is 9.88 Å². The van der Waals surface area contributed by atoms with Crippen LogP contribution >= 0.6 is 0 Å². The summed E-state index contributed by atoms with van der Waals surface area (Å²) in [5.41, 5.74) is 6.77. The highest BCUT2D eigenvalue weighted by Gasteiger charge is 2.39. The Hall–Kier alpha value is -2.54. The summed E-state index contributed by atoms with van der Waals surface area (Å²) in [5.74, 6) is -0.262. The van der Waals surface area contributed by atoms with Crippen molar-refractivity contribution >= 4 is 22.7 Å². The minimum absolute atomic E-state index is 0.0686. The van der Waals surface area contributed by atoms with Crippen LogP contribution in [0.3, 0.4) is 0 Å². The molecule has 7 nitrogen and oxygen atoms in total. The molecule has 2 heterocycles. The molecule has 0 radical (unpaired) electrons. The average Bonchev–Trinajstić information content (AvgIpc) is 3.17. The molecule has 3 N–H and O–H groups in total. The molecular weight excluding hydrogens is 310 g/mol. The molecule has 0 spiro atoms. The van der Waals surface area contributed by atoms with E-state index in [0.29, 0.717) is 25.4 Å². The molecule has 2 amide bonds. The van der Waals surface area contributed by atoms with Crippen LogP contribution in [0.15, 0.2) is 24.3 Å². The van der Waals surface area contributed by atoms with E-state index in [0.717, 1.165) is 16.7 Å². The summed E-state index contributed by atoms with van der Waals surface area (Å²) in [6, 6.07) is 7.39. The fourth-order valence-electron chi connectivity index (χ4n) is 3.26. The molecule has 3 rings (SSSR count). The van der Waals surface area contributed by atoms with E-state index in [4.69, 9.17) is 15.2 Å². The Balaban J connectivity index is 1.82. The first-order valence-corrected chi connectivity index (χ1v) is 7.77. The number of aromatic nitrogens is 1. The maximum Gasteiger partial charge on any atom is 0.270 e. The smallest absolute Gasteiger partial charge is 0.270 e. The summed E-state index contributed by atoms with van der Waals surface area (Å²) < 4.78 is 10.3. The van der Waals surface area contributed by atoms with E-state index in [9.17, 15) is 9.59 Å². The van der Waals surface area contributed by atoms with Gasteiger partial charge < -0.3 is 25.1 Å². The number of ether oxygens (including phenoxy) is 2. The summed E-state index contributed by atoms with van der Waals surface area (Å²) in [4.78, 5) is 29.1. The summed E-state index contributed by atoms with van der Waals surface area (Å²) in [7, 11) is 3.17. The second-order valence-corrected chi connectivity index (χ2v) is 6.07. The van der Waals surface area contributed by atoms with Gasteiger partial charge in [-0.3, -0.25) is 9.59 Å². The number of benzene rings is 1. The van der Waals surface area contributed by atoms with Crippen molar-refractivity contribution in [2.75, 3.05) is 33.9 Å². The number of methoxy groups -OCH3 is 2. The summed E-state index contributed by atoms with van der Waals surface area (Å²) in [5, 5.41) is 0.929. The lowest BCUT2D eigenvalue weighted by Crippen LogP contribution is -2.32. The minimum Gasteiger partial charge on any atom is -0.497 e. The first-order chi connectivity index (χ1) is 11.5. The number of nitrogens with zero attached hydrogens (tertiary/aromatic N) is 1. The number of likely N-dealkylation sites (tertiary alicyclic amines) is 1. The van der Waals surface area contributed by atoms with Crippen LogP contribution in [0, 0.1) is 11.8 Å².